The zero-order valence-corrected chi connectivity index (χ0v) is 24.2. The molecule has 3 saturated heterocycles. The van der Waals surface area contributed by atoms with Crippen LogP contribution in [0.3, 0.4) is 0 Å². The van der Waals surface area contributed by atoms with Gasteiger partial charge in [0.05, 0.1) is 6.61 Å². The van der Waals surface area contributed by atoms with Crippen LogP contribution >= 0.6 is 0 Å². The zero-order valence-electron chi connectivity index (χ0n) is 23.4. The number of imidazole rings is 1. The summed E-state index contributed by atoms with van der Waals surface area (Å²) in [5, 5.41) is 0.133. The van der Waals surface area contributed by atoms with Crippen molar-refractivity contribution in [2.24, 2.45) is 7.05 Å². The van der Waals surface area contributed by atoms with Crippen LogP contribution in [0.15, 0.2) is 35.5 Å². The molecule has 212 valence electrons. The fourth-order valence-corrected chi connectivity index (χ4v) is 9.19. The largest absolute Gasteiger partial charge is 0.450 e. The van der Waals surface area contributed by atoms with Gasteiger partial charge in [-0.3, -0.25) is 0 Å². The second-order valence-electron chi connectivity index (χ2n) is 11.9. The van der Waals surface area contributed by atoms with Gasteiger partial charge in [-0.15, -0.1) is 0 Å². The van der Waals surface area contributed by atoms with E-state index < -0.39 is 10.0 Å². The molecule has 5 heterocycles. The number of likely N-dealkylation sites (tertiary alicyclic amines) is 1. The first kappa shape index (κ1) is 26.8. The van der Waals surface area contributed by atoms with Crippen LogP contribution in [0.5, 0.6) is 0 Å². The van der Waals surface area contributed by atoms with Gasteiger partial charge in [0, 0.05) is 49.9 Å². The Balaban J connectivity index is 1.21. The number of rotatable bonds is 4. The van der Waals surface area contributed by atoms with Crippen molar-refractivity contribution in [1.29, 1.82) is 0 Å². The van der Waals surface area contributed by atoms with Crippen LogP contribution in [0, 0.1) is 6.92 Å². The highest BCUT2D eigenvalue weighted by Gasteiger charge is 2.48. The Bertz CT molecular complexity index is 1310. The van der Waals surface area contributed by atoms with Gasteiger partial charge in [0.2, 0.25) is 0 Å². The van der Waals surface area contributed by atoms with Crippen molar-refractivity contribution in [3.05, 3.63) is 47.4 Å². The van der Waals surface area contributed by atoms with Gasteiger partial charge in [-0.25, -0.2) is 18.2 Å². The second-order valence-corrected chi connectivity index (χ2v) is 13.8. The Morgan fingerprint density at radius 3 is 2.46 bits per heavy atom. The molecular formula is C29H41N5O4S. The lowest BCUT2D eigenvalue weighted by Crippen LogP contribution is -2.55. The molecular weight excluding hydrogens is 514 g/mol. The fraction of sp³-hybridized carbons (Fsp3) is 0.655. The van der Waals surface area contributed by atoms with E-state index in [4.69, 9.17) is 4.74 Å². The van der Waals surface area contributed by atoms with Crippen LogP contribution in [-0.2, 0) is 33.8 Å². The summed E-state index contributed by atoms with van der Waals surface area (Å²) in [6.07, 6.45) is 8.58. The lowest BCUT2D eigenvalue weighted by atomic mass is 9.69. The molecule has 1 spiro atoms. The van der Waals surface area contributed by atoms with Gasteiger partial charge in [0.15, 0.2) is 5.03 Å². The number of ether oxygens (including phenoxy) is 1. The molecule has 2 aromatic rings. The van der Waals surface area contributed by atoms with E-state index in [2.05, 4.69) is 28.1 Å². The number of carbonyl (C=O) groups excluding carboxylic acids is 1. The third-order valence-corrected chi connectivity index (χ3v) is 11.5. The highest BCUT2D eigenvalue weighted by atomic mass is 32.2. The minimum absolute atomic E-state index is 0.133. The summed E-state index contributed by atoms with van der Waals surface area (Å²) in [6, 6.07) is 9.40. The second kappa shape index (κ2) is 10.2. The predicted octanol–water partition coefficient (Wildman–Crippen LogP) is 3.81. The quantitative estimate of drug-likeness (QED) is 0.570. The minimum atomic E-state index is -3.71. The van der Waals surface area contributed by atoms with E-state index in [1.54, 1.807) is 15.1 Å². The van der Waals surface area contributed by atoms with E-state index >= 15 is 0 Å². The van der Waals surface area contributed by atoms with Gasteiger partial charge < -0.3 is 19.1 Å². The number of fused-ring (bicyclic) bond motifs is 4. The number of piperidine rings is 1. The number of aryl methyl sites for hydroxylation is 2. The summed E-state index contributed by atoms with van der Waals surface area (Å²) >= 11 is 0. The lowest BCUT2D eigenvalue weighted by Gasteiger charge is -2.49. The van der Waals surface area contributed by atoms with Crippen LogP contribution < -0.4 is 0 Å². The van der Waals surface area contributed by atoms with Gasteiger partial charge in [-0.1, -0.05) is 24.3 Å². The molecule has 2 bridgehead atoms. The van der Waals surface area contributed by atoms with E-state index in [1.165, 1.54) is 5.56 Å². The number of hydrogen-bond acceptors (Lipinski definition) is 6. The minimum Gasteiger partial charge on any atom is -0.450 e. The lowest BCUT2D eigenvalue weighted by molar-refractivity contribution is 0.0742. The van der Waals surface area contributed by atoms with Crippen LogP contribution in [-0.4, -0.2) is 82.5 Å². The summed E-state index contributed by atoms with van der Waals surface area (Å²) in [5.74, 6) is 0.688. The van der Waals surface area contributed by atoms with Crippen LogP contribution in [0.25, 0.3) is 0 Å². The summed E-state index contributed by atoms with van der Waals surface area (Å²) in [6.45, 7) is 6.86. The first-order valence-electron chi connectivity index (χ1n) is 14.5. The number of hydrogen-bond donors (Lipinski definition) is 0. The average molecular weight is 556 g/mol. The maximum Gasteiger partial charge on any atom is 0.410 e. The highest BCUT2D eigenvalue weighted by molar-refractivity contribution is 7.89. The number of amides is 1. The van der Waals surface area contributed by atoms with E-state index in [-0.39, 0.29) is 22.6 Å². The van der Waals surface area contributed by atoms with Crippen molar-refractivity contribution in [3.8, 4) is 0 Å². The first-order valence-corrected chi connectivity index (χ1v) is 15.9. The average Bonchev–Trinajstić information content (AvgIpc) is 3.42. The number of sulfonamides is 1. The summed E-state index contributed by atoms with van der Waals surface area (Å²) in [4.78, 5) is 21.7. The van der Waals surface area contributed by atoms with Gasteiger partial charge in [0.1, 0.15) is 5.82 Å². The molecule has 3 atom stereocenters. The van der Waals surface area contributed by atoms with E-state index in [9.17, 15) is 13.2 Å². The zero-order chi connectivity index (χ0) is 27.4. The summed E-state index contributed by atoms with van der Waals surface area (Å²) in [5.41, 5.74) is 2.20. The standard InChI is InChI=1S/C29H41N5O4S/c1-4-38-28(35)34-23-9-11-24(17-25(34)12-10-23)32-15-13-29(14-16-32)20-33(18-22-7-5-6-8-26(22)29)39(36,37)27-19-31(3)21(2)30-27/h5-8,19,23-25H,4,9-18,20H2,1-3H3. The van der Waals surface area contributed by atoms with E-state index in [1.807, 2.05) is 31.9 Å². The predicted molar refractivity (Wildman–Crippen MR) is 148 cm³/mol. The normalized spacial score (nSPS) is 27.4. The molecule has 1 aromatic carbocycles. The van der Waals surface area contributed by atoms with E-state index in [0.29, 0.717) is 37.6 Å². The molecule has 10 heteroatoms. The van der Waals surface area contributed by atoms with Gasteiger partial charge in [-0.05, 0) is 83.0 Å². The Kier molecular flexibility index (Phi) is 7.00. The third kappa shape index (κ3) is 4.68. The van der Waals surface area contributed by atoms with Crippen LogP contribution in [0.2, 0.25) is 0 Å². The molecule has 6 rings (SSSR count). The van der Waals surface area contributed by atoms with Gasteiger partial charge in [0.25, 0.3) is 10.0 Å². The molecule has 0 saturated carbocycles. The first-order chi connectivity index (χ1) is 18.7. The molecule has 4 aliphatic rings. The van der Waals surface area contributed by atoms with Crippen LogP contribution in [0.4, 0.5) is 4.79 Å². The molecule has 4 aliphatic heterocycles. The smallest absolute Gasteiger partial charge is 0.410 e. The highest BCUT2D eigenvalue weighted by Crippen LogP contribution is 2.45. The van der Waals surface area contributed by atoms with E-state index in [0.717, 1.165) is 63.6 Å². The summed E-state index contributed by atoms with van der Waals surface area (Å²) in [7, 11) is -1.88. The molecule has 39 heavy (non-hydrogen) atoms. The third-order valence-electron chi connectivity index (χ3n) is 9.85. The topological polar surface area (TPSA) is 88.0 Å². The maximum atomic E-state index is 13.7. The fourth-order valence-electron chi connectivity index (χ4n) is 7.66. The molecule has 9 nitrogen and oxygen atoms in total. The van der Waals surface area contributed by atoms with Crippen molar-refractivity contribution in [1.82, 2.24) is 23.7 Å². The molecule has 0 aliphatic carbocycles. The van der Waals surface area contributed by atoms with Gasteiger partial charge in [-0.2, -0.15) is 4.31 Å². The number of nitrogens with zero attached hydrogens (tertiary/aromatic N) is 5. The maximum absolute atomic E-state index is 13.7. The van der Waals surface area contributed by atoms with Crippen molar-refractivity contribution in [2.75, 3.05) is 26.2 Å². The monoisotopic (exact) mass is 555 g/mol. The Morgan fingerprint density at radius 2 is 1.77 bits per heavy atom. The Hall–Kier alpha value is -2.43. The van der Waals surface area contributed by atoms with Crippen molar-refractivity contribution >= 4 is 16.1 Å². The molecule has 0 radical (unpaired) electrons. The van der Waals surface area contributed by atoms with Crippen molar-refractivity contribution in [3.63, 3.8) is 0 Å². The van der Waals surface area contributed by atoms with Gasteiger partial charge >= 0.3 is 6.09 Å². The molecule has 0 N–H and O–H groups in total. The number of benzene rings is 1. The molecule has 3 fully saturated rings. The Labute approximate surface area is 232 Å². The SMILES string of the molecule is CCOC(=O)N1C2CCC(N3CCC4(CC3)CN(S(=O)(=O)c3cn(C)c(C)n3)Cc3ccccc34)CC1CC2. The van der Waals surface area contributed by atoms with Crippen molar-refractivity contribution in [2.45, 2.75) is 93.9 Å². The molecule has 1 aromatic heterocycles. The molecule has 1 amide bonds. The molecule has 3 unspecified atom stereocenters. The summed E-state index contributed by atoms with van der Waals surface area (Å²) < 4.78 is 36.3. The number of aromatic nitrogens is 2. The van der Waals surface area contributed by atoms with Crippen LogP contribution in [0.1, 0.15) is 68.8 Å². The Morgan fingerprint density at radius 1 is 1.08 bits per heavy atom. The number of carbonyl (C=O) groups is 1. The van der Waals surface area contributed by atoms with Crippen molar-refractivity contribution < 1.29 is 17.9 Å².